The Bertz CT molecular complexity index is 791. The highest BCUT2D eigenvalue weighted by atomic mass is 32.1. The molecule has 1 fully saturated rings. The minimum absolute atomic E-state index is 0.191. The number of carboxylic acids is 1. The van der Waals surface area contributed by atoms with Crippen molar-refractivity contribution in [3.05, 3.63) is 22.2 Å². The number of carboxylic acid groups (broad SMARTS) is 1. The number of rotatable bonds is 3. The van der Waals surface area contributed by atoms with Crippen LogP contribution in [0, 0.1) is 6.92 Å². The molecule has 0 radical (unpaired) electrons. The van der Waals surface area contributed by atoms with Gasteiger partial charge in [0.25, 0.3) is 5.91 Å². The lowest BCUT2D eigenvalue weighted by Gasteiger charge is -2.37. The van der Waals surface area contributed by atoms with E-state index in [-0.39, 0.29) is 11.5 Å². The highest BCUT2D eigenvalue weighted by molar-refractivity contribution is 7.19. The molecule has 0 saturated carbocycles. The number of fused-ring (bicyclic) bond motifs is 1. The van der Waals surface area contributed by atoms with Gasteiger partial charge in [-0.25, -0.2) is 4.79 Å². The second kappa shape index (κ2) is 5.35. The van der Waals surface area contributed by atoms with Gasteiger partial charge in [-0.3, -0.25) is 4.79 Å². The largest absolute Gasteiger partial charge is 0.478 e. The van der Waals surface area contributed by atoms with Gasteiger partial charge in [0.1, 0.15) is 5.69 Å². The van der Waals surface area contributed by atoms with Crippen molar-refractivity contribution < 1.29 is 19.8 Å². The summed E-state index contributed by atoms with van der Waals surface area (Å²) in [5.74, 6) is -1.19. The fraction of sp³-hybridized carbons (Fsp3) is 0.500. The Morgan fingerprint density at radius 1 is 1.48 bits per heavy atom. The van der Waals surface area contributed by atoms with Crippen molar-refractivity contribution in [2.45, 2.75) is 45.3 Å². The van der Waals surface area contributed by atoms with E-state index in [0.717, 1.165) is 17.5 Å². The van der Waals surface area contributed by atoms with E-state index in [0.29, 0.717) is 22.6 Å². The fourth-order valence-corrected chi connectivity index (χ4v) is 4.42. The molecule has 7 heteroatoms. The Kier molecular flexibility index (Phi) is 3.72. The lowest BCUT2D eigenvalue weighted by Crippen LogP contribution is -2.52. The van der Waals surface area contributed by atoms with Crippen molar-refractivity contribution in [1.29, 1.82) is 0 Å². The zero-order chi connectivity index (χ0) is 16.9. The number of likely N-dealkylation sites (tertiary alicyclic amines) is 1. The van der Waals surface area contributed by atoms with Gasteiger partial charge < -0.3 is 20.1 Å². The highest BCUT2D eigenvalue weighted by Gasteiger charge is 2.43. The minimum Gasteiger partial charge on any atom is -0.478 e. The van der Waals surface area contributed by atoms with E-state index >= 15 is 0 Å². The molecule has 3 rings (SSSR count). The molecule has 3 heterocycles. The average molecular weight is 336 g/mol. The summed E-state index contributed by atoms with van der Waals surface area (Å²) in [7, 11) is 0. The zero-order valence-electron chi connectivity index (χ0n) is 13.3. The maximum Gasteiger partial charge on any atom is 0.338 e. The van der Waals surface area contributed by atoms with Crippen LogP contribution in [0.1, 0.15) is 52.4 Å². The number of aliphatic hydroxyl groups is 1. The molecular weight excluding hydrogens is 316 g/mol. The van der Waals surface area contributed by atoms with Crippen LogP contribution in [0.5, 0.6) is 0 Å². The van der Waals surface area contributed by atoms with E-state index in [9.17, 15) is 19.8 Å². The van der Waals surface area contributed by atoms with Crippen LogP contribution in [0.2, 0.25) is 0 Å². The molecule has 2 aromatic rings. The van der Waals surface area contributed by atoms with Crippen LogP contribution in [0.25, 0.3) is 10.2 Å². The zero-order valence-corrected chi connectivity index (χ0v) is 14.2. The molecule has 0 aromatic carbocycles. The van der Waals surface area contributed by atoms with Crippen LogP contribution in [0.3, 0.4) is 0 Å². The first-order valence-corrected chi connectivity index (χ1v) is 8.43. The number of H-pyrrole nitrogens is 1. The van der Waals surface area contributed by atoms with E-state index in [4.69, 9.17) is 0 Å². The van der Waals surface area contributed by atoms with Gasteiger partial charge in [0, 0.05) is 11.4 Å². The van der Waals surface area contributed by atoms with Crippen molar-refractivity contribution in [2.75, 3.05) is 6.54 Å². The summed E-state index contributed by atoms with van der Waals surface area (Å²) in [5.41, 5.74) is 0.522. The first-order valence-electron chi connectivity index (χ1n) is 7.61. The molecule has 2 atom stereocenters. The summed E-state index contributed by atoms with van der Waals surface area (Å²) in [6, 6.07) is 1.71. The van der Waals surface area contributed by atoms with Crippen molar-refractivity contribution in [2.24, 2.45) is 0 Å². The summed E-state index contributed by atoms with van der Waals surface area (Å²) >= 11 is 1.36. The molecule has 1 saturated heterocycles. The second-order valence-corrected chi connectivity index (χ2v) is 7.61. The molecular formula is C16H20N2O4S. The molecule has 0 spiro atoms. The third-order valence-electron chi connectivity index (χ3n) is 4.92. The lowest BCUT2D eigenvalue weighted by atomic mass is 9.92. The van der Waals surface area contributed by atoms with E-state index in [1.165, 1.54) is 11.3 Å². The number of aliphatic hydroxyl groups excluding tert-OH is 1. The Labute approximate surface area is 137 Å². The molecule has 1 amide bonds. The monoisotopic (exact) mass is 336 g/mol. The molecule has 1 aliphatic rings. The Morgan fingerprint density at radius 3 is 2.78 bits per heavy atom. The molecule has 0 aliphatic carbocycles. The average Bonchev–Trinajstić information content (AvgIpc) is 3.10. The number of thiophene rings is 1. The number of aromatic amines is 1. The number of hydrogen-bond donors (Lipinski definition) is 3. The van der Waals surface area contributed by atoms with Gasteiger partial charge in [-0.2, -0.15) is 0 Å². The number of nitrogens with zero attached hydrogens (tertiary/aromatic N) is 1. The molecule has 3 N–H and O–H groups in total. The molecule has 1 unspecified atom stereocenters. The SMILES string of the molecule is Cc1sc2cc(C(=O)N3CCC[C@@]3(C)C(C)O)[nH]c2c1C(=O)O. The number of aromatic nitrogens is 1. The van der Waals surface area contributed by atoms with Gasteiger partial charge in [-0.1, -0.05) is 0 Å². The fourth-order valence-electron chi connectivity index (χ4n) is 3.37. The van der Waals surface area contributed by atoms with Crippen molar-refractivity contribution >= 4 is 33.4 Å². The highest BCUT2D eigenvalue weighted by Crippen LogP contribution is 2.35. The van der Waals surface area contributed by atoms with E-state index in [1.807, 2.05) is 6.92 Å². The standard InChI is InChI=1S/C16H20N2O4S/c1-8-12(15(21)22)13-11(23-8)7-10(17-13)14(20)18-6-4-5-16(18,3)9(2)19/h7,9,17,19H,4-6H2,1-3H3,(H,21,22)/t9?,16-/m0/s1. The van der Waals surface area contributed by atoms with Gasteiger partial charge in [0.2, 0.25) is 0 Å². The maximum atomic E-state index is 12.8. The molecule has 0 bridgehead atoms. The molecule has 2 aromatic heterocycles. The topological polar surface area (TPSA) is 93.6 Å². The summed E-state index contributed by atoms with van der Waals surface area (Å²) in [6.07, 6.45) is 0.981. The van der Waals surface area contributed by atoms with Crippen molar-refractivity contribution in [1.82, 2.24) is 9.88 Å². The van der Waals surface area contributed by atoms with E-state index in [1.54, 1.807) is 24.8 Å². The predicted molar refractivity (Wildman–Crippen MR) is 88.2 cm³/mol. The van der Waals surface area contributed by atoms with Crippen LogP contribution >= 0.6 is 11.3 Å². The summed E-state index contributed by atoms with van der Waals surface area (Å²) in [6.45, 7) is 5.94. The molecule has 6 nitrogen and oxygen atoms in total. The number of carbonyl (C=O) groups is 2. The predicted octanol–water partition coefficient (Wildman–Crippen LogP) is 2.61. The van der Waals surface area contributed by atoms with Crippen molar-refractivity contribution in [3.63, 3.8) is 0 Å². The van der Waals surface area contributed by atoms with Gasteiger partial charge in [0.05, 0.1) is 27.4 Å². The third-order valence-corrected chi connectivity index (χ3v) is 5.97. The minimum atomic E-state index is -0.996. The number of hydrogen-bond acceptors (Lipinski definition) is 4. The summed E-state index contributed by atoms with van der Waals surface area (Å²) in [4.78, 5) is 29.6. The van der Waals surface area contributed by atoms with Crippen LogP contribution in [-0.2, 0) is 0 Å². The Hall–Kier alpha value is -1.86. The lowest BCUT2D eigenvalue weighted by molar-refractivity contribution is 0.0148. The normalized spacial score (nSPS) is 22.7. The van der Waals surface area contributed by atoms with Gasteiger partial charge in [0.15, 0.2) is 0 Å². The van der Waals surface area contributed by atoms with Crippen LogP contribution < -0.4 is 0 Å². The van der Waals surface area contributed by atoms with E-state index in [2.05, 4.69) is 4.98 Å². The number of aryl methyl sites for hydroxylation is 1. The van der Waals surface area contributed by atoms with Crippen LogP contribution in [0.4, 0.5) is 0 Å². The summed E-state index contributed by atoms with van der Waals surface area (Å²) in [5, 5.41) is 19.4. The number of aromatic carboxylic acids is 1. The van der Waals surface area contributed by atoms with Gasteiger partial charge in [-0.15, -0.1) is 11.3 Å². The Balaban J connectivity index is 2.00. The first kappa shape index (κ1) is 16.0. The van der Waals surface area contributed by atoms with Crippen molar-refractivity contribution in [3.8, 4) is 0 Å². The van der Waals surface area contributed by atoms with Gasteiger partial charge >= 0.3 is 5.97 Å². The molecule has 1 aliphatic heterocycles. The number of nitrogens with one attached hydrogen (secondary N) is 1. The van der Waals surface area contributed by atoms with E-state index < -0.39 is 17.6 Å². The first-order chi connectivity index (χ1) is 10.8. The van der Waals surface area contributed by atoms with Crippen LogP contribution in [0.15, 0.2) is 6.07 Å². The van der Waals surface area contributed by atoms with Crippen LogP contribution in [-0.4, -0.2) is 50.2 Å². The number of amides is 1. The quantitative estimate of drug-likeness (QED) is 0.803. The smallest absolute Gasteiger partial charge is 0.338 e. The Morgan fingerprint density at radius 2 is 2.17 bits per heavy atom. The van der Waals surface area contributed by atoms with Gasteiger partial charge in [-0.05, 0) is 39.7 Å². The number of carbonyl (C=O) groups excluding carboxylic acids is 1. The molecule has 124 valence electrons. The molecule has 23 heavy (non-hydrogen) atoms. The second-order valence-electron chi connectivity index (χ2n) is 6.35. The third kappa shape index (κ3) is 2.35. The summed E-state index contributed by atoms with van der Waals surface area (Å²) < 4.78 is 0.765. The maximum absolute atomic E-state index is 12.8.